The minimum Gasteiger partial charge on any atom is -0.309 e. The summed E-state index contributed by atoms with van der Waals surface area (Å²) in [4.78, 5) is 15.5. The van der Waals surface area contributed by atoms with Gasteiger partial charge in [0.15, 0.2) is 17.5 Å². The fraction of sp³-hybridized carbons (Fsp3) is 0. The number of hydrogen-bond donors (Lipinski definition) is 0. The van der Waals surface area contributed by atoms with E-state index in [1.807, 2.05) is 18.2 Å². The highest BCUT2D eigenvalue weighted by Gasteiger charge is 2.20. The van der Waals surface area contributed by atoms with Crippen LogP contribution in [0.4, 0.5) is 0 Å². The zero-order valence-corrected chi connectivity index (χ0v) is 24.4. The van der Waals surface area contributed by atoms with Gasteiger partial charge in [-0.05, 0) is 36.4 Å². The highest BCUT2D eigenvalue weighted by Crippen LogP contribution is 2.41. The second kappa shape index (κ2) is 9.97. The van der Waals surface area contributed by atoms with Crippen molar-refractivity contribution >= 4 is 53.3 Å². The number of rotatable bonds is 4. The highest BCUT2D eigenvalue weighted by atomic mass is 32.1. The average molecular weight is 581 g/mol. The van der Waals surface area contributed by atoms with Gasteiger partial charge in [0, 0.05) is 53.3 Å². The van der Waals surface area contributed by atoms with Crippen LogP contribution in [-0.2, 0) is 0 Å². The summed E-state index contributed by atoms with van der Waals surface area (Å²) in [6.07, 6.45) is 0. The van der Waals surface area contributed by atoms with E-state index in [1.54, 1.807) is 11.3 Å². The third-order valence-corrected chi connectivity index (χ3v) is 9.40. The number of hydrogen-bond acceptors (Lipinski definition) is 4. The second-order valence-electron chi connectivity index (χ2n) is 10.8. The molecule has 3 aromatic heterocycles. The van der Waals surface area contributed by atoms with Crippen LogP contribution in [0.1, 0.15) is 0 Å². The van der Waals surface area contributed by atoms with Crippen molar-refractivity contribution < 1.29 is 0 Å². The van der Waals surface area contributed by atoms with Crippen LogP contribution in [0, 0.1) is 0 Å². The second-order valence-corrected chi connectivity index (χ2v) is 11.9. The Balaban J connectivity index is 1.37. The van der Waals surface area contributed by atoms with Crippen LogP contribution >= 0.6 is 11.3 Å². The molecule has 3 heterocycles. The maximum Gasteiger partial charge on any atom is 0.164 e. The fourth-order valence-electron chi connectivity index (χ4n) is 6.36. The summed E-state index contributed by atoms with van der Waals surface area (Å²) in [7, 11) is 0. The van der Waals surface area contributed by atoms with Crippen LogP contribution in [0.5, 0.6) is 0 Å². The predicted molar refractivity (Wildman–Crippen MR) is 183 cm³/mol. The van der Waals surface area contributed by atoms with Crippen molar-refractivity contribution in [1.29, 1.82) is 0 Å². The Kier molecular flexibility index (Phi) is 5.64. The summed E-state index contributed by atoms with van der Waals surface area (Å²) >= 11 is 1.80. The van der Waals surface area contributed by atoms with Gasteiger partial charge in [0.1, 0.15) is 0 Å². The molecule has 0 aliphatic carbocycles. The Morgan fingerprint density at radius 3 is 1.77 bits per heavy atom. The highest BCUT2D eigenvalue weighted by molar-refractivity contribution is 7.25. The van der Waals surface area contributed by atoms with E-state index < -0.39 is 0 Å². The van der Waals surface area contributed by atoms with Gasteiger partial charge >= 0.3 is 0 Å². The van der Waals surface area contributed by atoms with Crippen LogP contribution < -0.4 is 0 Å². The molecule has 5 heteroatoms. The molecule has 44 heavy (non-hydrogen) atoms. The van der Waals surface area contributed by atoms with Gasteiger partial charge in [-0.2, -0.15) is 0 Å². The molecule has 0 radical (unpaired) electrons. The van der Waals surface area contributed by atoms with Crippen LogP contribution in [0.3, 0.4) is 0 Å². The molecule has 0 aliphatic rings. The van der Waals surface area contributed by atoms with Crippen molar-refractivity contribution in [1.82, 2.24) is 19.5 Å². The van der Waals surface area contributed by atoms with E-state index in [0.717, 1.165) is 44.2 Å². The first-order valence-corrected chi connectivity index (χ1v) is 15.5. The standard InChI is InChI=1S/C39H24N4S/c1-3-13-25(14-4-1)37-40-38(42-39(41-37)30-20-12-24-34-36(30)28-18-8-10-23-33(28)44-34)29-19-11-22-32-35(29)27-17-7-9-21-31(27)43(32)26-15-5-2-6-16-26/h1-24H. The van der Waals surface area contributed by atoms with Gasteiger partial charge in [-0.1, -0.05) is 109 Å². The molecule has 0 saturated carbocycles. The largest absolute Gasteiger partial charge is 0.309 e. The van der Waals surface area contributed by atoms with Crippen molar-refractivity contribution in [3.63, 3.8) is 0 Å². The molecule has 9 aromatic rings. The molecule has 6 aromatic carbocycles. The molecule has 0 fully saturated rings. The van der Waals surface area contributed by atoms with Crippen LogP contribution in [-0.4, -0.2) is 19.5 Å². The number of fused-ring (bicyclic) bond motifs is 6. The molecule has 0 spiro atoms. The van der Waals surface area contributed by atoms with E-state index in [9.17, 15) is 0 Å². The summed E-state index contributed by atoms with van der Waals surface area (Å²) in [6.45, 7) is 0. The first kappa shape index (κ1) is 24.9. The average Bonchev–Trinajstić information content (AvgIpc) is 3.65. The Hall–Kier alpha value is -5.65. The lowest BCUT2D eigenvalue weighted by molar-refractivity contribution is 1.08. The maximum absolute atomic E-state index is 5.25. The van der Waals surface area contributed by atoms with Gasteiger partial charge < -0.3 is 4.57 Å². The smallest absolute Gasteiger partial charge is 0.164 e. The third-order valence-electron chi connectivity index (χ3n) is 8.26. The quantitative estimate of drug-likeness (QED) is 0.208. The lowest BCUT2D eigenvalue weighted by atomic mass is 10.0. The van der Waals surface area contributed by atoms with Gasteiger partial charge in [0.2, 0.25) is 0 Å². The molecule has 0 bridgehead atoms. The Morgan fingerprint density at radius 1 is 0.409 bits per heavy atom. The number of benzene rings is 6. The summed E-state index contributed by atoms with van der Waals surface area (Å²) in [6, 6.07) is 50.7. The van der Waals surface area contributed by atoms with Gasteiger partial charge in [0.05, 0.1) is 11.0 Å². The molecule has 0 unspecified atom stereocenters. The van der Waals surface area contributed by atoms with Crippen molar-refractivity contribution in [2.75, 3.05) is 0 Å². The normalized spacial score (nSPS) is 11.6. The van der Waals surface area contributed by atoms with Crippen LogP contribution in [0.15, 0.2) is 146 Å². The molecule has 9 rings (SSSR count). The first-order chi connectivity index (χ1) is 21.8. The molecule has 0 saturated heterocycles. The van der Waals surface area contributed by atoms with Crippen molar-refractivity contribution in [3.8, 4) is 39.9 Å². The molecular formula is C39H24N4S. The van der Waals surface area contributed by atoms with Crippen molar-refractivity contribution in [2.24, 2.45) is 0 Å². The molecule has 0 atom stereocenters. The number of aromatic nitrogens is 4. The molecule has 0 amide bonds. The minimum absolute atomic E-state index is 0.658. The fourth-order valence-corrected chi connectivity index (χ4v) is 7.49. The van der Waals surface area contributed by atoms with E-state index in [0.29, 0.717) is 17.5 Å². The van der Waals surface area contributed by atoms with Crippen LogP contribution in [0.2, 0.25) is 0 Å². The van der Waals surface area contributed by atoms with Crippen molar-refractivity contribution in [3.05, 3.63) is 146 Å². The van der Waals surface area contributed by atoms with Gasteiger partial charge in [-0.25, -0.2) is 15.0 Å². The van der Waals surface area contributed by atoms with E-state index in [4.69, 9.17) is 15.0 Å². The monoisotopic (exact) mass is 580 g/mol. The number of thiophene rings is 1. The third kappa shape index (κ3) is 3.87. The first-order valence-electron chi connectivity index (χ1n) is 14.6. The van der Waals surface area contributed by atoms with Gasteiger partial charge in [0.25, 0.3) is 0 Å². The predicted octanol–water partition coefficient (Wildman–Crippen LogP) is 10.3. The summed E-state index contributed by atoms with van der Waals surface area (Å²) < 4.78 is 4.80. The summed E-state index contributed by atoms with van der Waals surface area (Å²) in [5.74, 6) is 1.99. The lowest BCUT2D eigenvalue weighted by Gasteiger charge is -2.11. The minimum atomic E-state index is 0.658. The summed E-state index contributed by atoms with van der Waals surface area (Å²) in [5, 5.41) is 4.70. The maximum atomic E-state index is 5.25. The van der Waals surface area contributed by atoms with Crippen LogP contribution in [0.25, 0.3) is 81.8 Å². The van der Waals surface area contributed by atoms with E-state index >= 15 is 0 Å². The molecular weight excluding hydrogens is 557 g/mol. The van der Waals surface area contributed by atoms with Gasteiger partial charge in [-0.3, -0.25) is 0 Å². The SMILES string of the molecule is c1ccc(-c2nc(-c3cccc4sc5ccccc5c34)nc(-c3cccc4c3c3ccccc3n4-c3ccccc3)n2)cc1. The Labute approximate surface area is 257 Å². The van der Waals surface area contributed by atoms with Crippen molar-refractivity contribution in [2.45, 2.75) is 0 Å². The lowest BCUT2D eigenvalue weighted by Crippen LogP contribution is -2.01. The number of nitrogens with zero attached hydrogens (tertiary/aromatic N) is 4. The van der Waals surface area contributed by atoms with Gasteiger partial charge in [-0.15, -0.1) is 11.3 Å². The summed E-state index contributed by atoms with van der Waals surface area (Å²) in [5.41, 5.74) is 6.33. The van der Waals surface area contributed by atoms with E-state index in [2.05, 4.69) is 132 Å². The Bertz CT molecular complexity index is 2490. The molecule has 206 valence electrons. The topological polar surface area (TPSA) is 43.6 Å². The molecule has 0 N–H and O–H groups in total. The number of para-hydroxylation sites is 2. The molecule has 4 nitrogen and oxygen atoms in total. The Morgan fingerprint density at radius 2 is 0.977 bits per heavy atom. The zero-order valence-electron chi connectivity index (χ0n) is 23.6. The molecule has 0 aliphatic heterocycles. The van der Waals surface area contributed by atoms with E-state index in [-0.39, 0.29) is 0 Å². The zero-order chi connectivity index (χ0) is 29.0. The van der Waals surface area contributed by atoms with E-state index in [1.165, 1.54) is 20.2 Å².